The summed E-state index contributed by atoms with van der Waals surface area (Å²) in [7, 11) is 0. The Hall–Kier alpha value is -3.60. The second-order valence-electron chi connectivity index (χ2n) is 8.93. The molecule has 0 aliphatic heterocycles. The Morgan fingerprint density at radius 3 is 2.12 bits per heavy atom. The summed E-state index contributed by atoms with van der Waals surface area (Å²) in [6.07, 6.45) is 0.418. The summed E-state index contributed by atoms with van der Waals surface area (Å²) in [5.41, 5.74) is 3.98. The molecule has 0 saturated carbocycles. The van der Waals surface area contributed by atoms with E-state index in [-0.39, 0.29) is 24.5 Å². The van der Waals surface area contributed by atoms with Crippen LogP contribution in [0.2, 0.25) is 0 Å². The number of carbonyl (C=O) groups is 2. The van der Waals surface area contributed by atoms with Crippen LogP contribution in [0.4, 0.5) is 0 Å². The number of aryl methyl sites for hydroxylation is 2. The highest BCUT2D eigenvalue weighted by Crippen LogP contribution is 2.20. The lowest BCUT2D eigenvalue weighted by Crippen LogP contribution is -2.52. The third kappa shape index (κ3) is 7.20. The molecule has 0 bridgehead atoms. The normalized spacial score (nSPS) is 11.7. The number of hydrogen-bond donors (Lipinski definition) is 1. The smallest absolute Gasteiger partial charge is 0.261 e. The lowest BCUT2D eigenvalue weighted by atomic mass is 10.0. The molecule has 34 heavy (non-hydrogen) atoms. The molecule has 3 rings (SSSR count). The van der Waals surface area contributed by atoms with Crippen LogP contribution in [0.15, 0.2) is 78.9 Å². The molecule has 5 nitrogen and oxygen atoms in total. The fourth-order valence-corrected chi connectivity index (χ4v) is 3.80. The van der Waals surface area contributed by atoms with Crippen molar-refractivity contribution < 1.29 is 14.3 Å². The van der Waals surface area contributed by atoms with Crippen molar-refractivity contribution in [2.75, 3.05) is 6.61 Å². The predicted molar refractivity (Wildman–Crippen MR) is 136 cm³/mol. The summed E-state index contributed by atoms with van der Waals surface area (Å²) in [5.74, 6) is 0.277. The number of amides is 2. The minimum atomic E-state index is -0.667. The molecule has 0 spiro atoms. The molecule has 0 radical (unpaired) electrons. The maximum Gasteiger partial charge on any atom is 0.261 e. The molecule has 1 atom stereocenters. The minimum absolute atomic E-state index is 0.0364. The van der Waals surface area contributed by atoms with E-state index in [9.17, 15) is 9.59 Å². The Bertz CT molecular complexity index is 1080. The molecule has 0 unspecified atom stereocenters. The van der Waals surface area contributed by atoms with Gasteiger partial charge in [-0.3, -0.25) is 9.59 Å². The number of carbonyl (C=O) groups excluding carboxylic acids is 2. The molecule has 0 fully saturated rings. The number of nitrogens with one attached hydrogen (secondary N) is 1. The Morgan fingerprint density at radius 2 is 1.50 bits per heavy atom. The van der Waals surface area contributed by atoms with Crippen molar-refractivity contribution in [3.63, 3.8) is 0 Å². The van der Waals surface area contributed by atoms with E-state index in [2.05, 4.69) is 5.32 Å². The number of benzene rings is 3. The van der Waals surface area contributed by atoms with Crippen LogP contribution in [-0.2, 0) is 22.6 Å². The van der Waals surface area contributed by atoms with Crippen molar-refractivity contribution >= 4 is 11.8 Å². The van der Waals surface area contributed by atoms with E-state index >= 15 is 0 Å². The first-order valence-electron chi connectivity index (χ1n) is 11.7. The monoisotopic (exact) mass is 458 g/mol. The largest absolute Gasteiger partial charge is 0.483 e. The lowest BCUT2D eigenvalue weighted by molar-refractivity contribution is -0.143. The number of hydrogen-bond acceptors (Lipinski definition) is 3. The van der Waals surface area contributed by atoms with E-state index in [1.807, 2.05) is 107 Å². The van der Waals surface area contributed by atoms with E-state index < -0.39 is 6.04 Å². The van der Waals surface area contributed by atoms with Gasteiger partial charge < -0.3 is 15.0 Å². The number of rotatable bonds is 10. The number of nitrogens with zero attached hydrogens (tertiary/aromatic N) is 1. The molecule has 0 heterocycles. The first-order valence-corrected chi connectivity index (χ1v) is 11.7. The van der Waals surface area contributed by atoms with Crippen molar-refractivity contribution in [1.29, 1.82) is 0 Å². The number of ether oxygens (including phenoxy) is 1. The molecule has 3 aromatic rings. The molecular weight excluding hydrogens is 424 g/mol. The van der Waals surface area contributed by atoms with E-state index in [0.29, 0.717) is 18.7 Å². The van der Waals surface area contributed by atoms with Gasteiger partial charge in [0.05, 0.1) is 0 Å². The van der Waals surface area contributed by atoms with Crippen LogP contribution < -0.4 is 10.1 Å². The Balaban J connectivity index is 1.90. The van der Waals surface area contributed by atoms with Gasteiger partial charge in [-0.1, -0.05) is 72.8 Å². The molecule has 0 aliphatic carbocycles. The van der Waals surface area contributed by atoms with Crippen molar-refractivity contribution in [2.24, 2.45) is 0 Å². The van der Waals surface area contributed by atoms with Gasteiger partial charge in [-0.25, -0.2) is 0 Å². The summed E-state index contributed by atoms with van der Waals surface area (Å²) >= 11 is 0. The zero-order valence-corrected chi connectivity index (χ0v) is 20.5. The molecule has 0 saturated heterocycles. The molecule has 0 aromatic heterocycles. The Morgan fingerprint density at radius 1 is 0.882 bits per heavy atom. The molecular formula is C29H34N2O3. The topological polar surface area (TPSA) is 58.6 Å². The summed E-state index contributed by atoms with van der Waals surface area (Å²) in [5, 5.41) is 3.00. The quantitative estimate of drug-likeness (QED) is 0.473. The third-order valence-electron chi connectivity index (χ3n) is 5.59. The van der Waals surface area contributed by atoms with Crippen LogP contribution >= 0.6 is 0 Å². The maximum atomic E-state index is 13.6. The van der Waals surface area contributed by atoms with Crippen LogP contribution in [0.25, 0.3) is 0 Å². The van der Waals surface area contributed by atoms with Crippen LogP contribution in [0.3, 0.4) is 0 Å². The fourth-order valence-electron chi connectivity index (χ4n) is 3.80. The zero-order valence-electron chi connectivity index (χ0n) is 20.5. The van der Waals surface area contributed by atoms with E-state index in [4.69, 9.17) is 4.74 Å². The first kappa shape index (κ1) is 25.0. The van der Waals surface area contributed by atoms with Crippen molar-refractivity contribution in [1.82, 2.24) is 10.2 Å². The summed E-state index contributed by atoms with van der Waals surface area (Å²) in [6.45, 7) is 7.96. The predicted octanol–water partition coefficient (Wildman–Crippen LogP) is 4.85. The average Bonchev–Trinajstić information content (AvgIpc) is 2.82. The van der Waals surface area contributed by atoms with Crippen molar-refractivity contribution in [2.45, 2.75) is 52.7 Å². The lowest BCUT2D eigenvalue weighted by Gasteiger charge is -2.32. The Kier molecular flexibility index (Phi) is 8.86. The molecule has 0 aliphatic rings. The van der Waals surface area contributed by atoms with Crippen LogP contribution in [0.5, 0.6) is 5.75 Å². The van der Waals surface area contributed by atoms with E-state index in [0.717, 1.165) is 22.3 Å². The second-order valence-corrected chi connectivity index (χ2v) is 8.93. The molecule has 178 valence electrons. The van der Waals surface area contributed by atoms with Gasteiger partial charge in [0, 0.05) is 19.0 Å². The highest BCUT2D eigenvalue weighted by atomic mass is 16.5. The Labute approximate surface area is 202 Å². The van der Waals surface area contributed by atoms with Gasteiger partial charge in [0.25, 0.3) is 5.91 Å². The zero-order chi connectivity index (χ0) is 24.5. The van der Waals surface area contributed by atoms with Crippen LogP contribution in [0.1, 0.15) is 36.1 Å². The minimum Gasteiger partial charge on any atom is -0.483 e. The second kappa shape index (κ2) is 12.0. The third-order valence-corrected chi connectivity index (χ3v) is 5.59. The van der Waals surface area contributed by atoms with Gasteiger partial charge >= 0.3 is 0 Å². The fraction of sp³-hybridized carbons (Fsp3) is 0.310. The van der Waals surface area contributed by atoms with Crippen LogP contribution in [0, 0.1) is 13.8 Å². The molecule has 3 aromatic carbocycles. The standard InChI is InChI=1S/C29H34N2O3/c1-21(2)30-29(33)26(18-24-11-7-5-8-12-24)31(19-25-13-9-6-10-14-25)28(32)20-34-27-17-22(3)15-16-23(27)4/h5-17,21,26H,18-20H2,1-4H3,(H,30,33)/t26-/m1/s1. The first-order chi connectivity index (χ1) is 16.3. The SMILES string of the molecule is Cc1ccc(C)c(OCC(=O)N(Cc2ccccc2)[C@H](Cc2ccccc2)C(=O)NC(C)C)c1. The highest BCUT2D eigenvalue weighted by Gasteiger charge is 2.31. The van der Waals surface area contributed by atoms with E-state index in [1.165, 1.54) is 0 Å². The summed E-state index contributed by atoms with van der Waals surface area (Å²) < 4.78 is 5.94. The molecule has 1 N–H and O–H groups in total. The van der Waals surface area contributed by atoms with Gasteiger partial charge in [-0.2, -0.15) is 0 Å². The summed E-state index contributed by atoms with van der Waals surface area (Å²) in [4.78, 5) is 28.5. The molecule has 5 heteroatoms. The highest BCUT2D eigenvalue weighted by molar-refractivity contribution is 5.88. The van der Waals surface area contributed by atoms with Crippen molar-refractivity contribution in [3.05, 3.63) is 101 Å². The van der Waals surface area contributed by atoms with Crippen molar-refractivity contribution in [3.8, 4) is 5.75 Å². The summed E-state index contributed by atoms with van der Waals surface area (Å²) in [6, 6.07) is 24.7. The van der Waals surface area contributed by atoms with Gasteiger partial charge in [-0.15, -0.1) is 0 Å². The van der Waals surface area contributed by atoms with Gasteiger partial charge in [0.1, 0.15) is 11.8 Å². The maximum absolute atomic E-state index is 13.6. The van der Waals surface area contributed by atoms with Gasteiger partial charge in [0.2, 0.25) is 5.91 Å². The average molecular weight is 459 g/mol. The van der Waals surface area contributed by atoms with E-state index in [1.54, 1.807) is 4.90 Å². The van der Waals surface area contributed by atoms with Gasteiger partial charge in [-0.05, 0) is 56.0 Å². The van der Waals surface area contributed by atoms with Crippen LogP contribution in [-0.4, -0.2) is 35.4 Å². The van der Waals surface area contributed by atoms with Gasteiger partial charge in [0.15, 0.2) is 6.61 Å². The molecule has 2 amide bonds.